The summed E-state index contributed by atoms with van der Waals surface area (Å²) in [6, 6.07) is 5.76. The molecule has 0 atom stereocenters. The quantitative estimate of drug-likeness (QED) is 0.837. The van der Waals surface area contributed by atoms with Crippen LogP contribution in [0.5, 0.6) is 0 Å². The predicted molar refractivity (Wildman–Crippen MR) is 67.6 cm³/mol. The average molecular weight is 336 g/mol. The van der Waals surface area contributed by atoms with Gasteiger partial charge in [-0.2, -0.15) is 0 Å². The Morgan fingerprint density at radius 3 is 2.67 bits per heavy atom. The van der Waals surface area contributed by atoms with Crippen LogP contribution in [0.2, 0.25) is 0 Å². The molecule has 0 aliphatic carbocycles. The van der Waals surface area contributed by atoms with Gasteiger partial charge in [-0.25, -0.2) is 0 Å². The summed E-state index contributed by atoms with van der Waals surface area (Å²) in [5.74, 6) is -0.780. The first kappa shape index (κ1) is 12.7. The molecule has 1 N–H and O–H groups in total. The smallest absolute Gasteiger partial charge is 0.307 e. The Bertz CT molecular complexity index is 350. The van der Waals surface area contributed by atoms with Gasteiger partial charge in [0.2, 0.25) is 0 Å². The van der Waals surface area contributed by atoms with Gasteiger partial charge in [-0.1, -0.05) is 37.9 Å². The Labute approximate surface area is 106 Å². The molecular weight excluding hydrogens is 324 g/mol. The molecule has 0 fully saturated rings. The molecule has 0 saturated heterocycles. The molecule has 82 valence electrons. The molecule has 4 heteroatoms. The van der Waals surface area contributed by atoms with E-state index in [0.717, 1.165) is 33.8 Å². The highest BCUT2D eigenvalue weighted by molar-refractivity contribution is 9.10. The van der Waals surface area contributed by atoms with Crippen LogP contribution in [0.25, 0.3) is 0 Å². The van der Waals surface area contributed by atoms with Crippen LogP contribution < -0.4 is 0 Å². The van der Waals surface area contributed by atoms with Crippen LogP contribution in [0.15, 0.2) is 22.7 Å². The third kappa shape index (κ3) is 4.34. The minimum atomic E-state index is -0.780. The molecule has 0 spiro atoms. The first-order chi connectivity index (χ1) is 7.13. The fourth-order valence-corrected chi connectivity index (χ4v) is 2.11. The minimum absolute atomic E-state index is 0.102. The summed E-state index contributed by atoms with van der Waals surface area (Å²) in [6.07, 6.45) is 2.03. The van der Waals surface area contributed by atoms with Crippen LogP contribution in [-0.4, -0.2) is 16.4 Å². The highest BCUT2D eigenvalue weighted by Crippen LogP contribution is 2.19. The zero-order valence-electron chi connectivity index (χ0n) is 8.17. The lowest BCUT2D eigenvalue weighted by Crippen LogP contribution is -2.04. The molecule has 1 aromatic carbocycles. The Morgan fingerprint density at radius 2 is 2.07 bits per heavy atom. The van der Waals surface area contributed by atoms with Gasteiger partial charge in [-0.05, 0) is 36.1 Å². The fraction of sp³-hybridized carbons (Fsp3) is 0.364. The largest absolute Gasteiger partial charge is 0.481 e. The summed E-state index contributed by atoms with van der Waals surface area (Å²) in [5, 5.41) is 9.70. The number of carbonyl (C=O) groups is 1. The second-order valence-corrected chi connectivity index (χ2v) is 4.98. The summed E-state index contributed by atoms with van der Waals surface area (Å²) >= 11 is 6.77. The van der Waals surface area contributed by atoms with Crippen molar-refractivity contribution in [3.63, 3.8) is 0 Å². The second kappa shape index (κ2) is 6.28. The van der Waals surface area contributed by atoms with E-state index in [4.69, 9.17) is 5.11 Å². The van der Waals surface area contributed by atoms with Crippen LogP contribution in [0.4, 0.5) is 0 Å². The number of aryl methyl sites for hydroxylation is 1. The van der Waals surface area contributed by atoms with Crippen molar-refractivity contribution in [3.05, 3.63) is 33.8 Å². The molecule has 0 aromatic heterocycles. The lowest BCUT2D eigenvalue weighted by atomic mass is 10.0. The van der Waals surface area contributed by atoms with E-state index in [9.17, 15) is 4.79 Å². The molecule has 0 amide bonds. The molecule has 0 bridgehead atoms. The van der Waals surface area contributed by atoms with Crippen molar-refractivity contribution in [2.45, 2.75) is 19.3 Å². The van der Waals surface area contributed by atoms with Crippen LogP contribution in [-0.2, 0) is 17.6 Å². The van der Waals surface area contributed by atoms with Gasteiger partial charge in [-0.3, -0.25) is 4.79 Å². The van der Waals surface area contributed by atoms with Gasteiger partial charge in [0.1, 0.15) is 0 Å². The maximum atomic E-state index is 10.7. The van der Waals surface area contributed by atoms with E-state index < -0.39 is 5.97 Å². The highest BCUT2D eigenvalue weighted by Gasteiger charge is 2.07. The first-order valence-electron chi connectivity index (χ1n) is 4.68. The topological polar surface area (TPSA) is 37.3 Å². The van der Waals surface area contributed by atoms with E-state index in [1.54, 1.807) is 0 Å². The average Bonchev–Trinajstić information content (AvgIpc) is 2.18. The number of carboxylic acid groups (broad SMARTS) is 1. The zero-order chi connectivity index (χ0) is 11.3. The molecule has 15 heavy (non-hydrogen) atoms. The molecule has 1 aromatic rings. The van der Waals surface area contributed by atoms with E-state index >= 15 is 0 Å². The molecule has 0 aliphatic heterocycles. The monoisotopic (exact) mass is 334 g/mol. The molecule has 0 aliphatic rings. The molecule has 0 heterocycles. The summed E-state index contributed by atoms with van der Waals surface area (Å²) in [6.45, 7) is 0. The third-order valence-electron chi connectivity index (χ3n) is 2.09. The van der Waals surface area contributed by atoms with E-state index in [-0.39, 0.29) is 6.42 Å². The van der Waals surface area contributed by atoms with Crippen molar-refractivity contribution in [3.8, 4) is 0 Å². The lowest BCUT2D eigenvalue weighted by molar-refractivity contribution is -0.136. The van der Waals surface area contributed by atoms with Crippen molar-refractivity contribution in [1.82, 2.24) is 0 Å². The van der Waals surface area contributed by atoms with E-state index in [1.165, 1.54) is 0 Å². The predicted octanol–water partition coefficient (Wildman–Crippen LogP) is 3.40. The number of benzene rings is 1. The first-order valence-corrected chi connectivity index (χ1v) is 6.60. The van der Waals surface area contributed by atoms with Gasteiger partial charge in [0, 0.05) is 9.80 Å². The minimum Gasteiger partial charge on any atom is -0.481 e. The maximum absolute atomic E-state index is 10.7. The number of alkyl halides is 1. The Kier molecular flexibility index (Phi) is 5.32. The van der Waals surface area contributed by atoms with Gasteiger partial charge in [0.15, 0.2) is 0 Å². The molecule has 0 saturated carbocycles. The molecule has 0 unspecified atom stereocenters. The van der Waals surface area contributed by atoms with Gasteiger partial charge >= 0.3 is 5.97 Å². The van der Waals surface area contributed by atoms with E-state index in [0.29, 0.717) is 0 Å². The number of halogens is 2. The fourth-order valence-electron chi connectivity index (χ4n) is 1.42. The number of hydrogen-bond acceptors (Lipinski definition) is 1. The normalized spacial score (nSPS) is 10.3. The van der Waals surface area contributed by atoms with Crippen LogP contribution in [0, 0.1) is 0 Å². The van der Waals surface area contributed by atoms with Crippen molar-refractivity contribution in [2.75, 3.05) is 5.33 Å². The van der Waals surface area contributed by atoms with E-state index in [2.05, 4.69) is 31.9 Å². The summed E-state index contributed by atoms with van der Waals surface area (Å²) in [5.41, 5.74) is 2.03. The Morgan fingerprint density at radius 1 is 1.33 bits per heavy atom. The number of carboxylic acids is 1. The van der Waals surface area contributed by atoms with Gasteiger partial charge < -0.3 is 5.11 Å². The van der Waals surface area contributed by atoms with Crippen molar-refractivity contribution in [2.24, 2.45) is 0 Å². The number of rotatable bonds is 5. The lowest BCUT2D eigenvalue weighted by Gasteiger charge is -2.07. The van der Waals surface area contributed by atoms with Crippen LogP contribution >= 0.6 is 31.9 Å². The molecule has 2 nitrogen and oxygen atoms in total. The summed E-state index contributed by atoms with van der Waals surface area (Å²) in [7, 11) is 0. The third-order valence-corrected chi connectivity index (χ3v) is 3.14. The van der Waals surface area contributed by atoms with Gasteiger partial charge in [0.05, 0.1) is 6.42 Å². The van der Waals surface area contributed by atoms with Crippen molar-refractivity contribution in [1.29, 1.82) is 0 Å². The van der Waals surface area contributed by atoms with Crippen molar-refractivity contribution >= 4 is 37.8 Å². The summed E-state index contributed by atoms with van der Waals surface area (Å²) in [4.78, 5) is 10.7. The number of hydrogen-bond donors (Lipinski definition) is 1. The standard InChI is InChI=1S/C11H12Br2O2/c12-5-1-2-8-6-10(13)4-3-9(8)7-11(14)15/h3-4,6H,1-2,5,7H2,(H,14,15). The van der Waals surface area contributed by atoms with Crippen molar-refractivity contribution < 1.29 is 9.90 Å². The zero-order valence-corrected chi connectivity index (χ0v) is 11.3. The maximum Gasteiger partial charge on any atom is 0.307 e. The van der Waals surface area contributed by atoms with Crippen LogP contribution in [0.1, 0.15) is 17.5 Å². The Balaban J connectivity index is 2.87. The summed E-state index contributed by atoms with van der Waals surface area (Å²) < 4.78 is 1.00. The molecule has 1 rings (SSSR count). The number of aliphatic carboxylic acids is 1. The molecular formula is C11H12Br2O2. The van der Waals surface area contributed by atoms with Gasteiger partial charge in [0.25, 0.3) is 0 Å². The highest BCUT2D eigenvalue weighted by atomic mass is 79.9. The van der Waals surface area contributed by atoms with Crippen LogP contribution in [0.3, 0.4) is 0 Å². The SMILES string of the molecule is O=C(O)Cc1ccc(Br)cc1CCCBr. The second-order valence-electron chi connectivity index (χ2n) is 3.28. The van der Waals surface area contributed by atoms with Gasteiger partial charge in [-0.15, -0.1) is 0 Å². The van der Waals surface area contributed by atoms with E-state index in [1.807, 2.05) is 18.2 Å². The molecule has 0 radical (unpaired) electrons. The Hall–Kier alpha value is -0.350.